The molecule has 0 aromatic heterocycles. The molecule has 0 amide bonds. The van der Waals surface area contributed by atoms with Gasteiger partial charge in [0.15, 0.2) is 10.3 Å². The summed E-state index contributed by atoms with van der Waals surface area (Å²) in [5.41, 5.74) is 0. The van der Waals surface area contributed by atoms with Gasteiger partial charge >= 0.3 is 18.9 Å². The van der Waals surface area contributed by atoms with Gasteiger partial charge in [-0.25, -0.2) is 17.2 Å². The van der Waals surface area contributed by atoms with E-state index in [2.05, 4.69) is 13.2 Å². The van der Waals surface area contributed by atoms with E-state index in [-0.39, 0.29) is 23.2 Å². The van der Waals surface area contributed by atoms with Crippen molar-refractivity contribution in [3.63, 3.8) is 0 Å². The zero-order chi connectivity index (χ0) is 10.6. The Kier molecular flexibility index (Phi) is 7.33. The third-order valence-corrected chi connectivity index (χ3v) is 1.90. The molecular weight excluding hydrogens is 211 g/mol. The van der Waals surface area contributed by atoms with Crippen molar-refractivity contribution in [2.24, 2.45) is 0 Å². The van der Waals surface area contributed by atoms with Gasteiger partial charge in [-0.3, -0.25) is 0 Å². The molecule has 0 rings (SSSR count). The Hall–Kier alpha value is -0.193. The summed E-state index contributed by atoms with van der Waals surface area (Å²) < 4.78 is 55.4. The van der Waals surface area contributed by atoms with Crippen LogP contribution in [0.25, 0.3) is 0 Å². The van der Waals surface area contributed by atoms with Crippen LogP contribution in [-0.2, 0) is 10.3 Å². The van der Waals surface area contributed by atoms with Gasteiger partial charge in [-0.2, -0.15) is 4.31 Å². The zero-order valence-electron chi connectivity index (χ0n) is 7.66. The van der Waals surface area contributed by atoms with E-state index in [0.29, 0.717) is 0 Å². The summed E-state index contributed by atoms with van der Waals surface area (Å²) in [6.07, 6.45) is 0. The smallest absolute Gasteiger partial charge is 0.735 e. The molecule has 0 saturated carbocycles. The monoisotopic (exact) mass is 219 g/mol. The molecule has 0 heterocycles. The van der Waals surface area contributed by atoms with Crippen molar-refractivity contribution < 1.29 is 40.6 Å². The van der Waals surface area contributed by atoms with Crippen LogP contribution in [-0.4, -0.2) is 30.4 Å². The van der Waals surface area contributed by atoms with E-state index in [9.17, 15) is 21.8 Å². The Bertz CT molecular complexity index is 301. The van der Waals surface area contributed by atoms with Crippen LogP contribution in [0.3, 0.4) is 0 Å². The molecule has 0 fully saturated rings. The molecule has 14 heavy (non-hydrogen) atoms. The Labute approximate surface area is 93.3 Å². The fourth-order valence-electron chi connectivity index (χ4n) is 0.597. The SMILES string of the molecule is C=C(F)CN(CC(=C)F)S(=O)(=O)[O-].[Li+]. The first-order valence-corrected chi connectivity index (χ1v) is 4.47. The molecule has 0 saturated heterocycles. The molecular formula is C6H8F2LiNO3S. The molecule has 76 valence electrons. The van der Waals surface area contributed by atoms with Crippen LogP contribution in [0.1, 0.15) is 0 Å². The Morgan fingerprint density at radius 1 is 1.21 bits per heavy atom. The van der Waals surface area contributed by atoms with Crippen LogP contribution < -0.4 is 18.9 Å². The zero-order valence-corrected chi connectivity index (χ0v) is 8.48. The van der Waals surface area contributed by atoms with Gasteiger partial charge in [-0.15, -0.1) is 0 Å². The van der Waals surface area contributed by atoms with Gasteiger partial charge in [0.05, 0.1) is 13.1 Å². The second-order valence-electron chi connectivity index (χ2n) is 2.26. The fraction of sp³-hybridized carbons (Fsp3) is 0.333. The predicted molar refractivity (Wildman–Crippen MR) is 41.8 cm³/mol. The first-order valence-electron chi connectivity index (χ1n) is 3.11. The average molecular weight is 219 g/mol. The van der Waals surface area contributed by atoms with E-state index in [0.717, 1.165) is 0 Å². The molecule has 0 radical (unpaired) electrons. The van der Waals surface area contributed by atoms with Crippen LogP contribution in [0.2, 0.25) is 0 Å². The van der Waals surface area contributed by atoms with Crippen molar-refractivity contribution in [3.8, 4) is 0 Å². The molecule has 0 atom stereocenters. The van der Waals surface area contributed by atoms with Gasteiger partial charge in [0.25, 0.3) is 0 Å². The minimum absolute atomic E-state index is 0. The van der Waals surface area contributed by atoms with Gasteiger partial charge in [-0.1, -0.05) is 13.2 Å². The quantitative estimate of drug-likeness (QED) is 0.386. The maximum atomic E-state index is 12.1. The van der Waals surface area contributed by atoms with Crippen molar-refractivity contribution in [2.45, 2.75) is 0 Å². The first-order chi connectivity index (χ1) is 5.73. The third kappa shape index (κ3) is 7.23. The van der Waals surface area contributed by atoms with Gasteiger partial charge in [0.2, 0.25) is 0 Å². The van der Waals surface area contributed by atoms with E-state index in [1.165, 1.54) is 0 Å². The predicted octanol–water partition coefficient (Wildman–Crippen LogP) is -2.28. The van der Waals surface area contributed by atoms with E-state index in [4.69, 9.17) is 0 Å². The molecule has 0 N–H and O–H groups in total. The van der Waals surface area contributed by atoms with Gasteiger partial charge in [-0.05, 0) is 0 Å². The molecule has 4 nitrogen and oxygen atoms in total. The second kappa shape index (κ2) is 6.32. The van der Waals surface area contributed by atoms with Crippen LogP contribution in [0.15, 0.2) is 24.8 Å². The summed E-state index contributed by atoms with van der Waals surface area (Å²) in [5.74, 6) is -2.08. The maximum absolute atomic E-state index is 12.1. The maximum Gasteiger partial charge on any atom is 1.00 e. The van der Waals surface area contributed by atoms with Crippen molar-refractivity contribution in [3.05, 3.63) is 24.8 Å². The standard InChI is InChI=1S/C6H9F2NO3S.Li/c1-5(7)3-9(4-6(2)8)13(10,11)12;/h1-4H2,(H,10,11,12);/q;+1/p-1. The van der Waals surface area contributed by atoms with Gasteiger partial charge in [0, 0.05) is 0 Å². The molecule has 0 spiro atoms. The van der Waals surface area contributed by atoms with E-state index >= 15 is 0 Å². The Morgan fingerprint density at radius 3 is 1.64 bits per heavy atom. The molecule has 0 aromatic carbocycles. The third-order valence-electron chi connectivity index (χ3n) is 1.01. The Balaban J connectivity index is 0. The van der Waals surface area contributed by atoms with E-state index < -0.39 is 35.0 Å². The van der Waals surface area contributed by atoms with Crippen LogP contribution >= 0.6 is 0 Å². The number of rotatable bonds is 5. The summed E-state index contributed by atoms with van der Waals surface area (Å²) in [6, 6.07) is 0. The van der Waals surface area contributed by atoms with Crippen molar-refractivity contribution >= 4 is 10.3 Å². The van der Waals surface area contributed by atoms with E-state index in [1.54, 1.807) is 0 Å². The van der Waals surface area contributed by atoms with Gasteiger partial charge in [0.1, 0.15) is 11.7 Å². The average Bonchev–Trinajstić information content (AvgIpc) is 1.81. The molecule has 0 bridgehead atoms. The normalized spacial score (nSPS) is 10.9. The van der Waals surface area contributed by atoms with Crippen LogP contribution in [0.5, 0.6) is 0 Å². The Morgan fingerprint density at radius 2 is 1.50 bits per heavy atom. The van der Waals surface area contributed by atoms with Crippen molar-refractivity contribution in [1.29, 1.82) is 0 Å². The van der Waals surface area contributed by atoms with Crippen molar-refractivity contribution in [2.75, 3.05) is 13.1 Å². The minimum atomic E-state index is -4.87. The summed E-state index contributed by atoms with van der Waals surface area (Å²) in [6.45, 7) is 3.80. The largest absolute Gasteiger partial charge is 1.00 e. The minimum Gasteiger partial charge on any atom is -0.735 e. The summed E-state index contributed by atoms with van der Waals surface area (Å²) in [7, 11) is -4.87. The molecule has 0 aromatic rings. The summed E-state index contributed by atoms with van der Waals surface area (Å²) >= 11 is 0. The fourth-order valence-corrected chi connectivity index (χ4v) is 1.19. The molecule has 0 aliphatic rings. The summed E-state index contributed by atoms with van der Waals surface area (Å²) in [5, 5.41) is 0. The number of halogens is 2. The van der Waals surface area contributed by atoms with Crippen LogP contribution in [0, 0.1) is 0 Å². The molecule has 0 unspecified atom stereocenters. The molecule has 8 heteroatoms. The van der Waals surface area contributed by atoms with Crippen molar-refractivity contribution in [1.82, 2.24) is 4.31 Å². The second-order valence-corrected chi connectivity index (χ2v) is 3.63. The molecule has 0 aliphatic carbocycles. The number of nitrogens with zero attached hydrogens (tertiary/aromatic N) is 1. The molecule has 0 aliphatic heterocycles. The first kappa shape index (κ1) is 16.2. The van der Waals surface area contributed by atoms with Crippen LogP contribution in [0.4, 0.5) is 8.78 Å². The number of hydrogen-bond acceptors (Lipinski definition) is 3. The topological polar surface area (TPSA) is 60.4 Å². The number of hydrogen-bond donors (Lipinski definition) is 0. The summed E-state index contributed by atoms with van der Waals surface area (Å²) in [4.78, 5) is 0. The van der Waals surface area contributed by atoms with Gasteiger partial charge < -0.3 is 4.55 Å². The van der Waals surface area contributed by atoms with E-state index in [1.807, 2.05) is 0 Å².